The Morgan fingerprint density at radius 3 is 2.42 bits per heavy atom. The van der Waals surface area contributed by atoms with Crippen LogP contribution in [0.2, 0.25) is 0 Å². The zero-order valence-electron chi connectivity index (χ0n) is 18.1. The predicted octanol–water partition coefficient (Wildman–Crippen LogP) is 1.55. The third-order valence-electron chi connectivity index (χ3n) is 6.33. The molecule has 2 atom stereocenters. The monoisotopic (exact) mass is 429 g/mol. The van der Waals surface area contributed by atoms with Crippen LogP contribution in [-0.2, 0) is 9.59 Å². The summed E-state index contributed by atoms with van der Waals surface area (Å²) in [5.41, 5.74) is 1.02. The molecular formula is C22H28FN5O3. The predicted molar refractivity (Wildman–Crippen MR) is 113 cm³/mol. The lowest BCUT2D eigenvalue weighted by atomic mass is 10.0. The maximum Gasteiger partial charge on any atom is 0.327 e. The second kappa shape index (κ2) is 8.20. The van der Waals surface area contributed by atoms with Gasteiger partial charge in [-0.1, -0.05) is 19.1 Å². The first-order chi connectivity index (χ1) is 14.8. The Balaban J connectivity index is 1.52. The quantitative estimate of drug-likeness (QED) is 0.727. The summed E-state index contributed by atoms with van der Waals surface area (Å²) in [4.78, 5) is 46.8. The maximum atomic E-state index is 14.1. The molecule has 4 amide bonds. The van der Waals surface area contributed by atoms with Crippen LogP contribution in [0.5, 0.6) is 0 Å². The van der Waals surface area contributed by atoms with Crippen molar-refractivity contribution < 1.29 is 18.8 Å². The highest BCUT2D eigenvalue weighted by atomic mass is 19.1. The molecule has 1 aromatic rings. The van der Waals surface area contributed by atoms with Crippen molar-refractivity contribution in [3.63, 3.8) is 0 Å². The lowest BCUT2D eigenvalue weighted by molar-refractivity contribution is -0.138. The molecule has 3 heterocycles. The molecular weight excluding hydrogens is 401 g/mol. The summed E-state index contributed by atoms with van der Waals surface area (Å²) in [6.07, 6.45) is 2.02. The molecule has 3 aliphatic rings. The number of amides is 4. The second-order valence-electron chi connectivity index (χ2n) is 8.21. The summed E-state index contributed by atoms with van der Waals surface area (Å²) in [6.45, 7) is 4.55. The van der Waals surface area contributed by atoms with Crippen molar-refractivity contribution in [2.24, 2.45) is 5.92 Å². The number of halogens is 1. The van der Waals surface area contributed by atoms with Gasteiger partial charge in [-0.3, -0.25) is 14.5 Å². The van der Waals surface area contributed by atoms with E-state index in [2.05, 4.69) is 0 Å². The number of fused-ring (bicyclic) bond motifs is 1. The third kappa shape index (κ3) is 3.51. The Morgan fingerprint density at radius 1 is 1.10 bits per heavy atom. The molecule has 3 aliphatic heterocycles. The van der Waals surface area contributed by atoms with Gasteiger partial charge in [0.25, 0.3) is 5.91 Å². The van der Waals surface area contributed by atoms with Gasteiger partial charge in [0.05, 0.1) is 11.6 Å². The van der Waals surface area contributed by atoms with Gasteiger partial charge in [0.15, 0.2) is 0 Å². The highest BCUT2D eigenvalue weighted by molar-refractivity contribution is 6.02. The fraction of sp³-hybridized carbons (Fsp3) is 0.500. The van der Waals surface area contributed by atoms with Gasteiger partial charge in [-0.05, 0) is 24.6 Å². The summed E-state index contributed by atoms with van der Waals surface area (Å²) < 4.78 is 14.1. The number of carbonyl (C=O) groups is 3. The number of anilines is 1. The summed E-state index contributed by atoms with van der Waals surface area (Å²) in [6, 6.07) is 6.28. The van der Waals surface area contributed by atoms with Crippen LogP contribution in [0.4, 0.5) is 14.9 Å². The summed E-state index contributed by atoms with van der Waals surface area (Å²) in [5, 5.41) is 0. The fourth-order valence-electron chi connectivity index (χ4n) is 4.71. The van der Waals surface area contributed by atoms with E-state index in [4.69, 9.17) is 0 Å². The molecule has 0 bridgehead atoms. The molecule has 2 unspecified atom stereocenters. The van der Waals surface area contributed by atoms with E-state index in [-0.39, 0.29) is 23.7 Å². The zero-order valence-corrected chi connectivity index (χ0v) is 18.1. The lowest BCUT2D eigenvalue weighted by Gasteiger charge is -2.43. The fourth-order valence-corrected chi connectivity index (χ4v) is 4.71. The molecule has 166 valence electrons. The largest absolute Gasteiger partial charge is 0.366 e. The van der Waals surface area contributed by atoms with E-state index < -0.39 is 12.1 Å². The Labute approximate surface area is 181 Å². The number of benzene rings is 1. The number of imide groups is 1. The highest BCUT2D eigenvalue weighted by Crippen LogP contribution is 2.35. The van der Waals surface area contributed by atoms with E-state index in [1.54, 1.807) is 36.2 Å². The topological polar surface area (TPSA) is 67.4 Å². The van der Waals surface area contributed by atoms with Gasteiger partial charge >= 0.3 is 6.03 Å². The van der Waals surface area contributed by atoms with Gasteiger partial charge in [0, 0.05) is 46.8 Å². The van der Waals surface area contributed by atoms with Crippen molar-refractivity contribution in [1.82, 2.24) is 19.6 Å². The van der Waals surface area contributed by atoms with Crippen LogP contribution in [-0.4, -0.2) is 90.4 Å². The minimum atomic E-state index is -0.557. The molecule has 1 aromatic carbocycles. The average molecular weight is 429 g/mol. The Bertz CT molecular complexity index is 927. The molecule has 0 saturated carbocycles. The van der Waals surface area contributed by atoms with Crippen LogP contribution in [0.1, 0.15) is 13.3 Å². The molecule has 8 nitrogen and oxygen atoms in total. The number of hydrogen-bond acceptors (Lipinski definition) is 5. The molecule has 0 spiro atoms. The Hall–Kier alpha value is -3.10. The van der Waals surface area contributed by atoms with E-state index in [1.807, 2.05) is 16.7 Å². The van der Waals surface area contributed by atoms with E-state index in [9.17, 15) is 18.8 Å². The van der Waals surface area contributed by atoms with Crippen molar-refractivity contribution in [3.8, 4) is 0 Å². The normalized spacial score (nSPS) is 24.0. The van der Waals surface area contributed by atoms with Crippen molar-refractivity contribution in [3.05, 3.63) is 41.9 Å². The number of carbonyl (C=O) groups excluding carboxylic acids is 3. The standard InChI is InChI=1S/C22H28FN5O3/c1-4-9-28-18(14-15-19(28)24(2)22(31)25(3)20(15)29)21(30)27-12-10-26(11-13-27)17-8-6-5-7-16(17)23/h5-8,14-15,19H,4,9-13H2,1-3H3. The highest BCUT2D eigenvalue weighted by Gasteiger charge is 2.50. The number of urea groups is 1. The molecule has 0 aromatic heterocycles. The van der Waals surface area contributed by atoms with Crippen LogP contribution < -0.4 is 4.90 Å². The molecule has 4 rings (SSSR count). The van der Waals surface area contributed by atoms with Gasteiger partial charge in [0.2, 0.25) is 5.91 Å². The smallest absolute Gasteiger partial charge is 0.327 e. The van der Waals surface area contributed by atoms with Crippen LogP contribution in [0.3, 0.4) is 0 Å². The lowest BCUT2D eigenvalue weighted by Crippen LogP contribution is -2.62. The number of para-hydroxylation sites is 1. The summed E-state index contributed by atoms with van der Waals surface area (Å²) in [5.74, 6) is -1.26. The van der Waals surface area contributed by atoms with Gasteiger partial charge < -0.3 is 19.6 Å². The first-order valence-corrected chi connectivity index (χ1v) is 10.7. The van der Waals surface area contributed by atoms with Gasteiger partial charge in [0.1, 0.15) is 17.7 Å². The van der Waals surface area contributed by atoms with Crippen LogP contribution >= 0.6 is 0 Å². The van der Waals surface area contributed by atoms with Crippen LogP contribution in [0, 0.1) is 11.7 Å². The van der Waals surface area contributed by atoms with Gasteiger partial charge in [-0.25, -0.2) is 9.18 Å². The van der Waals surface area contributed by atoms with E-state index in [1.165, 1.54) is 18.0 Å². The van der Waals surface area contributed by atoms with Crippen molar-refractivity contribution in [2.75, 3.05) is 51.7 Å². The Morgan fingerprint density at radius 2 is 1.77 bits per heavy atom. The number of nitrogens with zero attached hydrogens (tertiary/aromatic N) is 5. The third-order valence-corrected chi connectivity index (χ3v) is 6.33. The van der Waals surface area contributed by atoms with Crippen molar-refractivity contribution >= 4 is 23.5 Å². The molecule has 0 aliphatic carbocycles. The molecule has 9 heteroatoms. The van der Waals surface area contributed by atoms with E-state index in [0.29, 0.717) is 44.1 Å². The summed E-state index contributed by atoms with van der Waals surface area (Å²) >= 11 is 0. The second-order valence-corrected chi connectivity index (χ2v) is 8.21. The summed E-state index contributed by atoms with van der Waals surface area (Å²) in [7, 11) is 3.14. The first-order valence-electron chi connectivity index (χ1n) is 10.7. The number of rotatable bonds is 4. The van der Waals surface area contributed by atoms with Gasteiger partial charge in [-0.15, -0.1) is 0 Å². The molecule has 2 saturated heterocycles. The van der Waals surface area contributed by atoms with E-state index in [0.717, 1.165) is 11.3 Å². The maximum absolute atomic E-state index is 14.1. The minimum Gasteiger partial charge on any atom is -0.366 e. The first kappa shape index (κ1) is 21.1. The van der Waals surface area contributed by atoms with Crippen LogP contribution in [0.15, 0.2) is 36.0 Å². The zero-order chi connectivity index (χ0) is 22.3. The van der Waals surface area contributed by atoms with Crippen LogP contribution in [0.25, 0.3) is 0 Å². The molecule has 0 N–H and O–H groups in total. The van der Waals surface area contributed by atoms with Gasteiger partial charge in [-0.2, -0.15) is 0 Å². The molecule has 31 heavy (non-hydrogen) atoms. The Kier molecular flexibility index (Phi) is 5.60. The molecule has 0 radical (unpaired) electrons. The van der Waals surface area contributed by atoms with Crippen molar-refractivity contribution in [1.29, 1.82) is 0 Å². The van der Waals surface area contributed by atoms with Crippen molar-refractivity contribution in [2.45, 2.75) is 19.5 Å². The average Bonchev–Trinajstić information content (AvgIpc) is 3.16. The minimum absolute atomic E-state index is 0.146. The number of piperazine rings is 1. The SMILES string of the molecule is CCCN1C(C(=O)N2CCN(c3ccccc3F)CC2)=CC2C(=O)N(C)C(=O)N(C)C21. The van der Waals surface area contributed by atoms with E-state index >= 15 is 0 Å². The number of hydrogen-bond donors (Lipinski definition) is 0. The molecule has 2 fully saturated rings.